The minimum atomic E-state index is -3.89. The van der Waals surface area contributed by atoms with E-state index in [0.29, 0.717) is 44.1 Å². The maximum absolute atomic E-state index is 13.5. The minimum Gasteiger partial charge on any atom is -0.370 e. The van der Waals surface area contributed by atoms with Crippen molar-refractivity contribution in [2.75, 3.05) is 11.9 Å². The third-order valence-corrected chi connectivity index (χ3v) is 9.79. The predicted octanol–water partition coefficient (Wildman–Crippen LogP) is 4.67. The first-order valence-electron chi connectivity index (χ1n) is 12.6. The Kier molecular flexibility index (Phi) is 5.65. The van der Waals surface area contributed by atoms with Gasteiger partial charge in [0.2, 0.25) is 5.60 Å². The van der Waals surface area contributed by atoms with Crippen LogP contribution in [-0.2, 0) is 20.4 Å². The fourth-order valence-electron chi connectivity index (χ4n) is 5.18. The van der Waals surface area contributed by atoms with Crippen molar-refractivity contribution in [3.63, 3.8) is 0 Å². The summed E-state index contributed by atoms with van der Waals surface area (Å²) in [6, 6.07) is 22.3. The highest BCUT2D eigenvalue weighted by atomic mass is 32.2. The average molecular weight is 580 g/mol. The zero-order chi connectivity index (χ0) is 28.4. The van der Waals surface area contributed by atoms with Crippen LogP contribution in [0.5, 0.6) is 0 Å². The van der Waals surface area contributed by atoms with E-state index in [9.17, 15) is 18.3 Å². The number of thiazole rings is 1. The van der Waals surface area contributed by atoms with Gasteiger partial charge in [0.25, 0.3) is 15.9 Å². The monoisotopic (exact) mass is 579 g/mol. The number of carbonyl (C=O) groups is 1. The largest absolute Gasteiger partial charge is 0.370 e. The van der Waals surface area contributed by atoms with Crippen LogP contribution in [0.1, 0.15) is 11.3 Å². The second kappa shape index (κ2) is 9.16. The number of fused-ring (bicyclic) bond motifs is 2. The molecule has 1 N–H and O–H groups in total. The van der Waals surface area contributed by atoms with Crippen molar-refractivity contribution in [3.05, 3.63) is 114 Å². The summed E-state index contributed by atoms with van der Waals surface area (Å²) < 4.78 is 28.2. The summed E-state index contributed by atoms with van der Waals surface area (Å²) in [7, 11) is -2.28. The van der Waals surface area contributed by atoms with Crippen LogP contribution in [0, 0.1) is 0 Å². The molecule has 2 aromatic carbocycles. The standard InChI is InChI=1S/C30H21N5O4S2/c1-34-25-13-7-14-31-26(25)30(37,29(34)36)20-9-5-8-19(16-20)24-18-40-28(33-24)23-17-35(27-22(23)12-6-15-32-27)41(38,39)21-10-3-2-4-11-21/h2-18,37H,1H3/t30-/m0/s1. The molecular formula is C30H21N5O4S2. The second-order valence-corrected chi connectivity index (χ2v) is 12.3. The Labute approximate surface area is 239 Å². The van der Waals surface area contributed by atoms with Gasteiger partial charge in [-0.25, -0.2) is 22.4 Å². The molecule has 9 nitrogen and oxygen atoms in total. The highest BCUT2D eigenvalue weighted by molar-refractivity contribution is 7.90. The Morgan fingerprint density at radius 3 is 2.54 bits per heavy atom. The number of aromatic nitrogens is 4. The fraction of sp³-hybridized carbons (Fsp3) is 0.0667. The Morgan fingerprint density at radius 2 is 1.71 bits per heavy atom. The van der Waals surface area contributed by atoms with Crippen LogP contribution in [0.2, 0.25) is 0 Å². The number of hydrogen-bond donors (Lipinski definition) is 1. The highest BCUT2D eigenvalue weighted by Crippen LogP contribution is 2.43. The van der Waals surface area contributed by atoms with Crippen LogP contribution in [0.4, 0.5) is 5.69 Å². The topological polar surface area (TPSA) is 118 Å². The van der Waals surface area contributed by atoms with Gasteiger partial charge in [-0.2, -0.15) is 0 Å². The number of rotatable bonds is 5. The van der Waals surface area contributed by atoms with E-state index in [2.05, 4.69) is 9.97 Å². The molecular weight excluding hydrogens is 558 g/mol. The van der Waals surface area contributed by atoms with Gasteiger partial charge in [0.1, 0.15) is 10.7 Å². The Hall–Kier alpha value is -4.71. The summed E-state index contributed by atoms with van der Waals surface area (Å²) in [5.74, 6) is -0.484. The number of carbonyl (C=O) groups excluding carboxylic acids is 1. The third kappa shape index (κ3) is 3.74. The molecule has 11 heteroatoms. The molecule has 0 unspecified atom stereocenters. The maximum atomic E-state index is 13.5. The van der Waals surface area contributed by atoms with Crippen LogP contribution in [-0.4, -0.2) is 45.4 Å². The molecule has 5 heterocycles. The molecule has 0 saturated carbocycles. The molecule has 0 radical (unpaired) electrons. The van der Waals surface area contributed by atoms with Crippen molar-refractivity contribution in [3.8, 4) is 21.8 Å². The number of anilines is 1. The first-order chi connectivity index (χ1) is 19.8. The van der Waals surface area contributed by atoms with E-state index in [4.69, 9.17) is 4.98 Å². The van der Waals surface area contributed by atoms with E-state index in [1.807, 2.05) is 17.5 Å². The lowest BCUT2D eigenvalue weighted by molar-refractivity contribution is -0.132. The summed E-state index contributed by atoms with van der Waals surface area (Å²) in [5, 5.41) is 14.8. The van der Waals surface area contributed by atoms with Crippen molar-refractivity contribution in [2.24, 2.45) is 0 Å². The van der Waals surface area contributed by atoms with Gasteiger partial charge in [-0.15, -0.1) is 11.3 Å². The number of pyridine rings is 2. The SMILES string of the molecule is CN1C(=O)[C@](O)(c2cccc(-c3csc(-c4cn(S(=O)(=O)c5ccccc5)c5ncccc45)n3)c2)c2ncccc21. The number of nitrogens with zero attached hydrogens (tertiary/aromatic N) is 5. The van der Waals surface area contributed by atoms with Gasteiger partial charge in [-0.3, -0.25) is 9.78 Å². The molecule has 0 bridgehead atoms. The lowest BCUT2D eigenvalue weighted by Crippen LogP contribution is -2.39. The molecule has 4 aromatic heterocycles. The van der Waals surface area contributed by atoms with Crippen molar-refractivity contribution < 1.29 is 18.3 Å². The molecule has 1 aliphatic heterocycles. The maximum Gasteiger partial charge on any atom is 0.269 e. The molecule has 0 fully saturated rings. The number of likely N-dealkylation sites (N-methyl/N-ethyl adjacent to an activating group) is 1. The van der Waals surface area contributed by atoms with Crippen LogP contribution >= 0.6 is 11.3 Å². The number of benzene rings is 2. The Morgan fingerprint density at radius 1 is 0.927 bits per heavy atom. The van der Waals surface area contributed by atoms with Crippen LogP contribution in [0.25, 0.3) is 32.9 Å². The van der Waals surface area contributed by atoms with Crippen molar-refractivity contribution in [1.82, 2.24) is 18.9 Å². The average Bonchev–Trinajstić information content (AvgIpc) is 3.70. The van der Waals surface area contributed by atoms with Gasteiger partial charge in [0, 0.05) is 47.5 Å². The highest BCUT2D eigenvalue weighted by Gasteiger charge is 2.51. The number of amides is 1. The van der Waals surface area contributed by atoms with E-state index in [1.165, 1.54) is 20.2 Å². The third-order valence-electron chi connectivity index (χ3n) is 7.25. The normalized spacial score (nSPS) is 16.8. The summed E-state index contributed by atoms with van der Waals surface area (Å²) in [5.41, 5.74) is 1.54. The molecule has 7 rings (SSSR count). The van der Waals surface area contributed by atoms with E-state index >= 15 is 0 Å². The van der Waals surface area contributed by atoms with E-state index in [1.54, 1.807) is 92.4 Å². The van der Waals surface area contributed by atoms with Gasteiger partial charge in [-0.1, -0.05) is 36.4 Å². The fourth-order valence-corrected chi connectivity index (χ4v) is 7.38. The summed E-state index contributed by atoms with van der Waals surface area (Å²) in [4.78, 5) is 28.3. The first kappa shape index (κ1) is 25.3. The summed E-state index contributed by atoms with van der Waals surface area (Å²) in [6.45, 7) is 0. The van der Waals surface area contributed by atoms with Crippen LogP contribution in [0.15, 0.2) is 108 Å². The lowest BCUT2D eigenvalue weighted by Gasteiger charge is -2.22. The molecule has 6 aromatic rings. The summed E-state index contributed by atoms with van der Waals surface area (Å²) >= 11 is 1.36. The van der Waals surface area contributed by atoms with E-state index in [0.717, 1.165) is 0 Å². The predicted molar refractivity (Wildman–Crippen MR) is 156 cm³/mol. The second-order valence-electron chi connectivity index (χ2n) is 9.60. The summed E-state index contributed by atoms with van der Waals surface area (Å²) in [6.07, 6.45) is 4.66. The number of aliphatic hydroxyl groups is 1. The smallest absolute Gasteiger partial charge is 0.269 e. The van der Waals surface area contributed by atoms with Gasteiger partial charge in [-0.05, 0) is 48.0 Å². The van der Waals surface area contributed by atoms with Gasteiger partial charge < -0.3 is 10.0 Å². The Bertz CT molecular complexity index is 2090. The molecule has 0 spiro atoms. The zero-order valence-electron chi connectivity index (χ0n) is 21.5. The van der Waals surface area contributed by atoms with Gasteiger partial charge in [0.05, 0.1) is 16.3 Å². The van der Waals surface area contributed by atoms with E-state index in [-0.39, 0.29) is 10.6 Å². The van der Waals surface area contributed by atoms with Gasteiger partial charge >= 0.3 is 0 Å². The van der Waals surface area contributed by atoms with Crippen molar-refractivity contribution in [2.45, 2.75) is 10.5 Å². The van der Waals surface area contributed by atoms with E-state index < -0.39 is 21.5 Å². The van der Waals surface area contributed by atoms with Crippen LogP contribution in [0.3, 0.4) is 0 Å². The minimum absolute atomic E-state index is 0.159. The van der Waals surface area contributed by atoms with Crippen molar-refractivity contribution in [1.29, 1.82) is 0 Å². The zero-order valence-corrected chi connectivity index (χ0v) is 23.2. The molecule has 1 aliphatic rings. The molecule has 1 amide bonds. The molecule has 202 valence electrons. The number of hydrogen-bond acceptors (Lipinski definition) is 8. The molecule has 41 heavy (non-hydrogen) atoms. The molecule has 1 atom stereocenters. The Balaban J connectivity index is 1.31. The molecule has 0 saturated heterocycles. The van der Waals surface area contributed by atoms with Crippen molar-refractivity contribution >= 4 is 44.0 Å². The molecule has 0 aliphatic carbocycles. The first-order valence-corrected chi connectivity index (χ1v) is 14.9. The lowest BCUT2D eigenvalue weighted by atomic mass is 9.89. The van der Waals surface area contributed by atoms with Crippen LogP contribution < -0.4 is 4.90 Å². The quantitative estimate of drug-likeness (QED) is 0.315. The van der Waals surface area contributed by atoms with Gasteiger partial charge in [0.15, 0.2) is 5.65 Å².